The van der Waals surface area contributed by atoms with Gasteiger partial charge in [-0.05, 0) is 0 Å². The summed E-state index contributed by atoms with van der Waals surface area (Å²) in [6, 6.07) is 0. The molecule has 0 aliphatic heterocycles. The van der Waals surface area contributed by atoms with E-state index in [2.05, 4.69) is 0 Å². The van der Waals surface area contributed by atoms with Crippen molar-refractivity contribution >= 4 is 17.6 Å². The molecule has 0 aromatic rings. The van der Waals surface area contributed by atoms with Gasteiger partial charge in [0.15, 0.2) is 5.34 Å². The summed E-state index contributed by atoms with van der Waals surface area (Å²) < 4.78 is 0. The molecule has 4 heavy (non-hydrogen) atoms. The van der Waals surface area contributed by atoms with Gasteiger partial charge in [-0.15, -0.1) is 4.91 Å². The summed E-state index contributed by atoms with van der Waals surface area (Å²) in [5.41, 5.74) is 0. The molecule has 0 aromatic heterocycles. The van der Waals surface area contributed by atoms with Crippen molar-refractivity contribution in [1.29, 1.82) is 0 Å². The summed E-state index contributed by atoms with van der Waals surface area (Å²) in [5, 5.41) is 7.89. The van der Waals surface area contributed by atoms with Gasteiger partial charge in [-0.2, -0.15) is 0 Å². The van der Waals surface area contributed by atoms with Crippen molar-refractivity contribution in [1.82, 2.24) is 0 Å². The zero-order valence-electron chi connectivity index (χ0n) is 2.01. The first-order chi connectivity index (χ1) is 1.41. The first-order valence-corrected chi connectivity index (χ1v) is 0.383. The van der Waals surface area contributed by atoms with Crippen LogP contribution in [0.4, 0.5) is 0 Å². The molecule has 0 aromatic carbocycles. The number of rotatable bonds is 0. The van der Waals surface area contributed by atoms with Gasteiger partial charge < -0.3 is 5.21 Å². The maximum atomic E-state index is 8.11. The molecule has 0 aliphatic rings. The standard InChI is InChI=1S/GeH2.HNO2/c;2-1-3/h1H2;(H,2,3). The van der Waals surface area contributed by atoms with Crippen LogP contribution in [0.3, 0.4) is 0 Å². The van der Waals surface area contributed by atoms with Crippen molar-refractivity contribution in [2.24, 2.45) is 5.34 Å². The van der Waals surface area contributed by atoms with E-state index in [1.54, 1.807) is 0 Å². The Morgan fingerprint density at radius 3 is 1.75 bits per heavy atom. The topological polar surface area (TPSA) is 49.7 Å². The van der Waals surface area contributed by atoms with Crippen molar-refractivity contribution in [3.05, 3.63) is 4.91 Å². The summed E-state index contributed by atoms with van der Waals surface area (Å²) in [5.74, 6) is 0. The fraction of sp³-hybridized carbons (Fsp3) is 0. The van der Waals surface area contributed by atoms with Crippen LogP contribution in [0.25, 0.3) is 0 Å². The maximum absolute atomic E-state index is 8.11. The van der Waals surface area contributed by atoms with Crippen LogP contribution in [0.1, 0.15) is 0 Å². The summed E-state index contributed by atoms with van der Waals surface area (Å²) in [6.45, 7) is 0. The molecule has 0 fully saturated rings. The van der Waals surface area contributed by atoms with Gasteiger partial charge in [0.25, 0.3) is 0 Å². The Morgan fingerprint density at radius 1 is 1.75 bits per heavy atom. The van der Waals surface area contributed by atoms with Crippen LogP contribution < -0.4 is 0 Å². The third-order valence-corrected chi connectivity index (χ3v) is 0. The second-order valence-corrected chi connectivity index (χ2v) is 0.0816. The molecular formula is H3GeNO2. The van der Waals surface area contributed by atoms with Crippen molar-refractivity contribution in [3.8, 4) is 0 Å². The van der Waals surface area contributed by atoms with Gasteiger partial charge in [0.05, 0.1) is 0 Å². The van der Waals surface area contributed by atoms with E-state index in [0.29, 0.717) is 0 Å². The molecule has 0 spiro atoms. The summed E-state index contributed by atoms with van der Waals surface area (Å²) in [6.07, 6.45) is 0. The van der Waals surface area contributed by atoms with E-state index in [1.165, 1.54) is 5.34 Å². The van der Waals surface area contributed by atoms with E-state index in [0.717, 1.165) is 0 Å². The second-order valence-electron chi connectivity index (χ2n) is 0.0816. The van der Waals surface area contributed by atoms with Crippen LogP contribution in [-0.4, -0.2) is 22.8 Å². The van der Waals surface area contributed by atoms with Gasteiger partial charge in [-0.25, -0.2) is 0 Å². The summed E-state index contributed by atoms with van der Waals surface area (Å²) in [7, 11) is 0. The zero-order valence-corrected chi connectivity index (χ0v) is 4.98. The Kier molecular flexibility index (Phi) is 28.3. The Hall–Kier alpha value is -0.0571. The molecule has 0 saturated heterocycles. The molecule has 0 bridgehead atoms. The normalized spacial score (nSPS) is 3.00. The van der Waals surface area contributed by atoms with E-state index >= 15 is 0 Å². The molecule has 0 atom stereocenters. The Balaban J connectivity index is 0. The van der Waals surface area contributed by atoms with Crippen molar-refractivity contribution in [3.63, 3.8) is 0 Å². The molecule has 3 nitrogen and oxygen atoms in total. The quantitative estimate of drug-likeness (QED) is 0.260. The second kappa shape index (κ2) is 12.5. The number of hydrogen-bond acceptors (Lipinski definition) is 2. The zero-order chi connectivity index (χ0) is 2.71. The van der Waals surface area contributed by atoms with Gasteiger partial charge in [-0.3, -0.25) is 0 Å². The Bertz CT molecular complexity index is 13.5. The van der Waals surface area contributed by atoms with Crippen LogP contribution in [0.2, 0.25) is 0 Å². The van der Waals surface area contributed by atoms with Crippen LogP contribution >= 0.6 is 0 Å². The average Bonchev–Trinajstić information content (AvgIpc) is 0.918. The van der Waals surface area contributed by atoms with E-state index in [4.69, 9.17) is 10.1 Å². The molecule has 0 heterocycles. The van der Waals surface area contributed by atoms with Crippen LogP contribution in [0.15, 0.2) is 5.34 Å². The fourth-order valence-electron chi connectivity index (χ4n) is 0. The van der Waals surface area contributed by atoms with Crippen molar-refractivity contribution in [2.45, 2.75) is 0 Å². The molecule has 0 aliphatic carbocycles. The predicted octanol–water partition coefficient (Wildman–Crippen LogP) is -0.774. The molecular weight excluding hydrogens is 119 g/mol. The molecule has 0 unspecified atom stereocenters. The van der Waals surface area contributed by atoms with E-state index in [-0.39, 0.29) is 17.6 Å². The fourth-order valence-corrected chi connectivity index (χ4v) is 0. The molecule has 4 heteroatoms. The summed E-state index contributed by atoms with van der Waals surface area (Å²) >= 11 is 0. The molecule has 1 N–H and O–H groups in total. The SMILES string of the molecule is O=NO.[GeH2]. The number of nitrogens with zero attached hydrogens (tertiary/aromatic N) is 1. The first kappa shape index (κ1) is 9.05. The minimum absolute atomic E-state index is 0. The van der Waals surface area contributed by atoms with Crippen LogP contribution in [0, 0.1) is 4.91 Å². The van der Waals surface area contributed by atoms with E-state index < -0.39 is 0 Å². The first-order valence-electron chi connectivity index (χ1n) is 0.383. The van der Waals surface area contributed by atoms with Crippen LogP contribution in [0.5, 0.6) is 0 Å². The van der Waals surface area contributed by atoms with E-state index in [9.17, 15) is 0 Å². The Morgan fingerprint density at radius 2 is 1.75 bits per heavy atom. The molecule has 2 radical (unpaired) electrons. The average molecular weight is 122 g/mol. The van der Waals surface area contributed by atoms with Gasteiger partial charge >= 0.3 is 17.6 Å². The minimum atomic E-state index is 0. The monoisotopic (exact) mass is 123 g/mol. The molecule has 0 saturated carbocycles. The van der Waals surface area contributed by atoms with Crippen molar-refractivity contribution in [2.75, 3.05) is 0 Å². The third-order valence-electron chi connectivity index (χ3n) is 0. The van der Waals surface area contributed by atoms with Gasteiger partial charge in [-0.1, -0.05) is 0 Å². The molecule has 0 rings (SSSR count). The summed E-state index contributed by atoms with van der Waals surface area (Å²) in [4.78, 5) is 8.11. The molecule has 24 valence electrons. The van der Waals surface area contributed by atoms with Crippen molar-refractivity contribution < 1.29 is 5.21 Å². The van der Waals surface area contributed by atoms with Gasteiger partial charge in [0.1, 0.15) is 0 Å². The van der Waals surface area contributed by atoms with Gasteiger partial charge in [0.2, 0.25) is 0 Å². The van der Waals surface area contributed by atoms with E-state index in [1.807, 2.05) is 0 Å². The third kappa shape index (κ3) is 529. The number of hydrogen-bond donors (Lipinski definition) is 1. The molecule has 0 amide bonds. The van der Waals surface area contributed by atoms with Crippen LogP contribution in [-0.2, 0) is 0 Å². The Labute approximate surface area is 33.9 Å². The van der Waals surface area contributed by atoms with Gasteiger partial charge in [0, 0.05) is 0 Å². The predicted molar refractivity (Wildman–Crippen MR) is 16.1 cm³/mol.